The number of hydrogen-bond acceptors (Lipinski definition) is 3. The molecule has 3 aliphatic rings. The number of fused-ring (bicyclic) bond motifs is 2. The van der Waals surface area contributed by atoms with Gasteiger partial charge >= 0.3 is 6.09 Å². The third-order valence-electron chi connectivity index (χ3n) is 3.77. The molecular weight excluding hydrogens is 220 g/mol. The summed E-state index contributed by atoms with van der Waals surface area (Å²) in [7, 11) is 0. The molecule has 2 saturated heterocycles. The molecule has 0 aromatic rings. The van der Waals surface area contributed by atoms with E-state index in [4.69, 9.17) is 4.74 Å². The Kier molecular flexibility index (Phi) is 2.53. The van der Waals surface area contributed by atoms with Crippen molar-refractivity contribution in [1.82, 2.24) is 9.80 Å². The zero-order chi connectivity index (χ0) is 11.8. The van der Waals surface area contributed by atoms with Crippen LogP contribution in [-0.2, 0) is 9.53 Å². The Balaban J connectivity index is 1.66. The fraction of sp³-hybridized carbons (Fsp3) is 0.667. The van der Waals surface area contributed by atoms with E-state index in [-0.39, 0.29) is 24.6 Å². The highest BCUT2D eigenvalue weighted by atomic mass is 16.6. The van der Waals surface area contributed by atoms with E-state index in [0.717, 1.165) is 19.3 Å². The average Bonchev–Trinajstić information content (AvgIpc) is 2.81. The topological polar surface area (TPSA) is 49.9 Å². The van der Waals surface area contributed by atoms with Gasteiger partial charge in [-0.3, -0.25) is 9.69 Å². The summed E-state index contributed by atoms with van der Waals surface area (Å²) >= 11 is 0. The van der Waals surface area contributed by atoms with Gasteiger partial charge in [-0.1, -0.05) is 12.2 Å². The van der Waals surface area contributed by atoms with Crippen molar-refractivity contribution in [2.24, 2.45) is 0 Å². The summed E-state index contributed by atoms with van der Waals surface area (Å²) in [6.07, 6.45) is 7.00. The van der Waals surface area contributed by atoms with Crippen LogP contribution in [0.25, 0.3) is 0 Å². The quantitative estimate of drug-likeness (QED) is 0.665. The smallest absolute Gasteiger partial charge is 0.410 e. The van der Waals surface area contributed by atoms with Crippen LogP contribution in [-0.4, -0.2) is 53.6 Å². The first-order valence-electron chi connectivity index (χ1n) is 6.15. The summed E-state index contributed by atoms with van der Waals surface area (Å²) < 4.78 is 4.83. The molecule has 5 nitrogen and oxygen atoms in total. The Bertz CT molecular complexity index is 380. The third-order valence-corrected chi connectivity index (χ3v) is 3.77. The van der Waals surface area contributed by atoms with E-state index in [2.05, 4.69) is 12.2 Å². The monoisotopic (exact) mass is 236 g/mol. The molecule has 3 rings (SSSR count). The molecule has 17 heavy (non-hydrogen) atoms. The third kappa shape index (κ3) is 1.79. The van der Waals surface area contributed by atoms with Crippen molar-refractivity contribution in [3.8, 4) is 0 Å². The molecule has 5 heteroatoms. The summed E-state index contributed by atoms with van der Waals surface area (Å²) in [6, 6.07) is 0.594. The second kappa shape index (κ2) is 4.05. The fourth-order valence-electron chi connectivity index (χ4n) is 2.93. The molecule has 0 spiro atoms. The number of nitrogens with zero attached hydrogens (tertiary/aromatic N) is 2. The van der Waals surface area contributed by atoms with Gasteiger partial charge in [0.1, 0.15) is 13.2 Å². The highest BCUT2D eigenvalue weighted by molar-refractivity contribution is 5.84. The Labute approximate surface area is 100 Å². The number of carbonyl (C=O) groups is 2. The maximum Gasteiger partial charge on any atom is 0.410 e. The molecule has 3 heterocycles. The summed E-state index contributed by atoms with van der Waals surface area (Å²) in [6.45, 7) is 1.10. The Morgan fingerprint density at radius 2 is 2.35 bits per heavy atom. The summed E-state index contributed by atoms with van der Waals surface area (Å²) in [4.78, 5) is 26.9. The van der Waals surface area contributed by atoms with Crippen LogP contribution in [0.1, 0.15) is 19.3 Å². The molecule has 0 aliphatic carbocycles. The van der Waals surface area contributed by atoms with Crippen molar-refractivity contribution >= 4 is 12.0 Å². The zero-order valence-corrected chi connectivity index (χ0v) is 9.67. The maximum absolute atomic E-state index is 12.2. The van der Waals surface area contributed by atoms with Crippen LogP contribution in [0, 0.1) is 0 Å². The molecule has 3 aliphatic heterocycles. The van der Waals surface area contributed by atoms with Crippen LogP contribution >= 0.6 is 0 Å². The van der Waals surface area contributed by atoms with Crippen LogP contribution in [0.5, 0.6) is 0 Å². The SMILES string of the molecule is O=C1OCCN1CC(=O)N1C2C=CCC1CC2. The minimum absolute atomic E-state index is 0.0562. The van der Waals surface area contributed by atoms with Crippen molar-refractivity contribution in [1.29, 1.82) is 0 Å². The number of amides is 2. The highest BCUT2D eigenvalue weighted by Gasteiger charge is 2.38. The van der Waals surface area contributed by atoms with Gasteiger partial charge < -0.3 is 9.64 Å². The predicted molar refractivity (Wildman–Crippen MR) is 60.3 cm³/mol. The lowest BCUT2D eigenvalue weighted by atomic mass is 10.1. The van der Waals surface area contributed by atoms with E-state index in [1.807, 2.05) is 4.90 Å². The summed E-state index contributed by atoms with van der Waals surface area (Å²) in [5.41, 5.74) is 0. The molecule has 0 saturated carbocycles. The first-order chi connectivity index (χ1) is 8.25. The standard InChI is InChI=1S/C12H16N2O3/c15-11(8-13-6-7-17-12(13)16)14-9-2-1-3-10(14)5-4-9/h1-2,9-10H,3-8H2. The van der Waals surface area contributed by atoms with E-state index in [9.17, 15) is 9.59 Å². The second-order valence-corrected chi connectivity index (χ2v) is 4.80. The molecule has 2 fully saturated rings. The van der Waals surface area contributed by atoms with E-state index >= 15 is 0 Å². The number of hydrogen-bond donors (Lipinski definition) is 0. The molecule has 2 bridgehead atoms. The van der Waals surface area contributed by atoms with Crippen LogP contribution in [0.2, 0.25) is 0 Å². The van der Waals surface area contributed by atoms with Crippen LogP contribution in [0.15, 0.2) is 12.2 Å². The van der Waals surface area contributed by atoms with Crippen LogP contribution < -0.4 is 0 Å². The minimum Gasteiger partial charge on any atom is -0.448 e. The average molecular weight is 236 g/mol. The van der Waals surface area contributed by atoms with Crippen molar-refractivity contribution < 1.29 is 14.3 Å². The Hall–Kier alpha value is -1.52. The van der Waals surface area contributed by atoms with Crippen molar-refractivity contribution in [2.45, 2.75) is 31.3 Å². The molecule has 2 atom stereocenters. The molecule has 2 unspecified atom stereocenters. The molecule has 0 N–H and O–H groups in total. The fourth-order valence-corrected chi connectivity index (χ4v) is 2.93. The maximum atomic E-state index is 12.2. The van der Waals surface area contributed by atoms with Gasteiger partial charge in [0.05, 0.1) is 12.6 Å². The predicted octanol–water partition coefficient (Wildman–Crippen LogP) is 0.758. The van der Waals surface area contributed by atoms with Crippen molar-refractivity contribution in [3.05, 3.63) is 12.2 Å². The largest absolute Gasteiger partial charge is 0.448 e. The lowest BCUT2D eigenvalue weighted by Gasteiger charge is -2.32. The zero-order valence-electron chi connectivity index (χ0n) is 9.67. The first-order valence-corrected chi connectivity index (χ1v) is 6.15. The van der Waals surface area contributed by atoms with Crippen LogP contribution in [0.4, 0.5) is 4.79 Å². The lowest BCUT2D eigenvalue weighted by Crippen LogP contribution is -2.47. The lowest BCUT2D eigenvalue weighted by molar-refractivity contribution is -0.134. The molecule has 0 radical (unpaired) electrons. The van der Waals surface area contributed by atoms with Gasteiger partial charge in [0.2, 0.25) is 5.91 Å². The number of rotatable bonds is 2. The minimum atomic E-state index is -0.363. The Morgan fingerprint density at radius 3 is 3.06 bits per heavy atom. The summed E-state index contributed by atoms with van der Waals surface area (Å²) in [5.74, 6) is 0.0562. The molecule has 0 aromatic heterocycles. The van der Waals surface area contributed by atoms with E-state index in [1.54, 1.807) is 0 Å². The second-order valence-electron chi connectivity index (χ2n) is 4.80. The molecule has 2 amide bonds. The Morgan fingerprint density at radius 1 is 1.47 bits per heavy atom. The molecule has 0 aromatic carbocycles. The van der Waals surface area contributed by atoms with Crippen molar-refractivity contribution in [3.63, 3.8) is 0 Å². The molecular formula is C12H16N2O3. The number of cyclic esters (lactones) is 1. The van der Waals surface area contributed by atoms with E-state index in [1.165, 1.54) is 4.90 Å². The van der Waals surface area contributed by atoms with Crippen LogP contribution in [0.3, 0.4) is 0 Å². The van der Waals surface area contributed by atoms with Gasteiger partial charge in [0.15, 0.2) is 0 Å². The van der Waals surface area contributed by atoms with Gasteiger partial charge in [-0.05, 0) is 19.3 Å². The van der Waals surface area contributed by atoms with Crippen molar-refractivity contribution in [2.75, 3.05) is 19.7 Å². The van der Waals surface area contributed by atoms with Gasteiger partial charge in [-0.25, -0.2) is 4.79 Å². The number of ether oxygens (including phenoxy) is 1. The number of carbonyl (C=O) groups excluding carboxylic acids is 2. The van der Waals surface area contributed by atoms with Gasteiger partial charge in [0.25, 0.3) is 0 Å². The normalized spacial score (nSPS) is 30.9. The van der Waals surface area contributed by atoms with Gasteiger partial charge in [-0.2, -0.15) is 0 Å². The molecule has 92 valence electrons. The van der Waals surface area contributed by atoms with E-state index < -0.39 is 0 Å². The first kappa shape index (κ1) is 10.6. The summed E-state index contributed by atoms with van der Waals surface area (Å²) in [5, 5.41) is 0. The van der Waals surface area contributed by atoms with E-state index in [0.29, 0.717) is 19.2 Å². The van der Waals surface area contributed by atoms with Gasteiger partial charge in [0, 0.05) is 6.04 Å². The van der Waals surface area contributed by atoms with Gasteiger partial charge in [-0.15, -0.1) is 0 Å². The highest BCUT2D eigenvalue weighted by Crippen LogP contribution is 2.31.